The molecule has 1 nitrogen and oxygen atoms in total. The molecule has 0 fully saturated rings. The van der Waals surface area contributed by atoms with Gasteiger partial charge in [-0.1, -0.05) is 54.4 Å². The first-order valence-electron chi connectivity index (χ1n) is 7.01. The van der Waals surface area contributed by atoms with Crippen molar-refractivity contribution in [2.24, 2.45) is 0 Å². The zero-order valence-corrected chi connectivity index (χ0v) is 13.4. The molecule has 0 saturated heterocycles. The average Bonchev–Trinajstić information content (AvgIpc) is 2.44. The fraction of sp³-hybridized carbons (Fsp3) is 0.294. The van der Waals surface area contributed by atoms with Crippen LogP contribution < -0.4 is 5.32 Å². The van der Waals surface area contributed by atoms with Crippen molar-refractivity contribution in [3.63, 3.8) is 0 Å². The third kappa shape index (κ3) is 4.70. The van der Waals surface area contributed by atoms with E-state index >= 15 is 0 Å². The van der Waals surface area contributed by atoms with Gasteiger partial charge in [0.15, 0.2) is 0 Å². The third-order valence-corrected chi connectivity index (χ3v) is 4.02. The summed E-state index contributed by atoms with van der Waals surface area (Å²) in [7, 11) is 0. The van der Waals surface area contributed by atoms with E-state index in [0.717, 1.165) is 29.1 Å². The van der Waals surface area contributed by atoms with Crippen LogP contribution in [0.1, 0.15) is 18.1 Å². The molecule has 0 amide bonds. The maximum Gasteiger partial charge on any atom is 0.142 e. The van der Waals surface area contributed by atoms with Crippen molar-refractivity contribution in [2.75, 3.05) is 6.54 Å². The molecule has 0 aromatic heterocycles. The maximum atomic E-state index is 13.5. The zero-order valence-electron chi connectivity index (χ0n) is 11.9. The van der Waals surface area contributed by atoms with Gasteiger partial charge in [0.1, 0.15) is 5.82 Å². The van der Waals surface area contributed by atoms with Crippen molar-refractivity contribution in [3.05, 3.63) is 69.5 Å². The number of hydrogen-bond acceptors (Lipinski definition) is 1. The number of rotatable bonds is 6. The smallest absolute Gasteiger partial charge is 0.142 e. The van der Waals surface area contributed by atoms with Crippen molar-refractivity contribution in [3.8, 4) is 0 Å². The molecule has 0 radical (unpaired) electrons. The highest BCUT2D eigenvalue weighted by Gasteiger charge is 2.13. The van der Waals surface area contributed by atoms with E-state index in [1.807, 2.05) is 30.3 Å². The minimum atomic E-state index is -0.368. The van der Waals surface area contributed by atoms with Crippen LogP contribution in [0.3, 0.4) is 0 Å². The van der Waals surface area contributed by atoms with Crippen molar-refractivity contribution in [1.29, 1.82) is 0 Å². The van der Waals surface area contributed by atoms with Crippen molar-refractivity contribution in [2.45, 2.75) is 25.8 Å². The maximum absolute atomic E-state index is 13.5. The summed E-state index contributed by atoms with van der Waals surface area (Å²) < 4.78 is 13.5. The zero-order chi connectivity index (χ0) is 15.2. The molecule has 0 spiro atoms. The van der Waals surface area contributed by atoms with Crippen LogP contribution in [0.25, 0.3) is 0 Å². The standard InChI is InChI=1S/C17H18Cl2FN/c1-2-21-15(10-12-5-3-7-14(18)9-12)11-13-6-4-8-16(20)17(13)19/h3-9,15,21H,2,10-11H2,1H3. The lowest BCUT2D eigenvalue weighted by molar-refractivity contribution is 0.519. The van der Waals surface area contributed by atoms with Gasteiger partial charge in [0.25, 0.3) is 0 Å². The summed E-state index contributed by atoms with van der Waals surface area (Å²) in [5, 5.41) is 4.36. The van der Waals surface area contributed by atoms with E-state index in [1.54, 1.807) is 6.07 Å². The minimum Gasteiger partial charge on any atom is -0.314 e. The fourth-order valence-corrected chi connectivity index (χ4v) is 2.84. The summed E-state index contributed by atoms with van der Waals surface area (Å²) in [6.07, 6.45) is 1.50. The van der Waals surface area contributed by atoms with E-state index < -0.39 is 0 Å². The molecule has 0 aliphatic carbocycles. The average molecular weight is 326 g/mol. The Kier molecular flexibility index (Phi) is 6.04. The van der Waals surface area contributed by atoms with Gasteiger partial charge in [0, 0.05) is 11.1 Å². The molecule has 1 N–H and O–H groups in total. The van der Waals surface area contributed by atoms with Crippen molar-refractivity contribution >= 4 is 23.2 Å². The van der Waals surface area contributed by atoms with Gasteiger partial charge < -0.3 is 5.32 Å². The molecule has 4 heteroatoms. The first-order chi connectivity index (χ1) is 10.1. The molecule has 0 aliphatic heterocycles. The predicted octanol–water partition coefficient (Wildman–Crippen LogP) is 4.90. The molecular formula is C17H18Cl2FN. The first kappa shape index (κ1) is 16.3. The van der Waals surface area contributed by atoms with Crippen LogP contribution in [-0.2, 0) is 12.8 Å². The molecule has 21 heavy (non-hydrogen) atoms. The Hall–Kier alpha value is -1.09. The molecule has 0 bridgehead atoms. The van der Waals surface area contributed by atoms with Gasteiger partial charge in [-0.2, -0.15) is 0 Å². The molecule has 1 unspecified atom stereocenters. The second-order valence-electron chi connectivity index (χ2n) is 5.01. The predicted molar refractivity (Wildman–Crippen MR) is 87.7 cm³/mol. The van der Waals surface area contributed by atoms with Gasteiger partial charge in [0.05, 0.1) is 5.02 Å². The largest absolute Gasteiger partial charge is 0.314 e. The van der Waals surface area contributed by atoms with Crippen molar-refractivity contribution < 1.29 is 4.39 Å². The lowest BCUT2D eigenvalue weighted by Crippen LogP contribution is -2.33. The Labute approximate surface area is 135 Å². The molecular weight excluding hydrogens is 308 g/mol. The number of nitrogens with one attached hydrogen (secondary N) is 1. The van der Waals surface area contributed by atoms with Crippen molar-refractivity contribution in [1.82, 2.24) is 5.32 Å². The summed E-state index contributed by atoms with van der Waals surface area (Å²) in [4.78, 5) is 0. The highest BCUT2D eigenvalue weighted by molar-refractivity contribution is 6.31. The van der Waals surface area contributed by atoms with Gasteiger partial charge in [-0.25, -0.2) is 4.39 Å². The highest BCUT2D eigenvalue weighted by atomic mass is 35.5. The third-order valence-electron chi connectivity index (χ3n) is 3.36. The summed E-state index contributed by atoms with van der Waals surface area (Å²) >= 11 is 12.1. The van der Waals surface area contributed by atoms with Crippen LogP contribution in [-0.4, -0.2) is 12.6 Å². The lowest BCUT2D eigenvalue weighted by Gasteiger charge is -2.19. The minimum absolute atomic E-state index is 0.188. The summed E-state index contributed by atoms with van der Waals surface area (Å²) in [6.45, 7) is 2.90. The van der Waals surface area contributed by atoms with Crippen LogP contribution in [0, 0.1) is 5.82 Å². The Morgan fingerprint density at radius 3 is 2.57 bits per heavy atom. The molecule has 2 aromatic rings. The normalized spacial score (nSPS) is 12.4. The van der Waals surface area contributed by atoms with Crippen LogP contribution in [0.5, 0.6) is 0 Å². The van der Waals surface area contributed by atoms with E-state index in [9.17, 15) is 4.39 Å². The molecule has 112 valence electrons. The number of benzene rings is 2. The topological polar surface area (TPSA) is 12.0 Å². The molecule has 0 saturated carbocycles. The quantitative estimate of drug-likeness (QED) is 0.796. The van der Waals surface area contributed by atoms with E-state index in [0.29, 0.717) is 6.42 Å². The molecule has 0 aliphatic rings. The molecule has 1 atom stereocenters. The summed E-state index contributed by atoms with van der Waals surface area (Å²) in [5.41, 5.74) is 1.98. The Balaban J connectivity index is 2.13. The van der Waals surface area contributed by atoms with E-state index in [1.165, 1.54) is 6.07 Å². The van der Waals surface area contributed by atoms with Crippen LogP contribution in [0.2, 0.25) is 10.0 Å². The Morgan fingerprint density at radius 2 is 1.86 bits per heavy atom. The Morgan fingerprint density at radius 1 is 1.10 bits per heavy atom. The van der Waals surface area contributed by atoms with Gasteiger partial charge in [-0.05, 0) is 48.7 Å². The van der Waals surface area contributed by atoms with Gasteiger partial charge in [-0.15, -0.1) is 0 Å². The van der Waals surface area contributed by atoms with E-state index in [-0.39, 0.29) is 16.9 Å². The summed E-state index contributed by atoms with van der Waals surface area (Å²) in [5.74, 6) is -0.368. The SMILES string of the molecule is CCNC(Cc1cccc(Cl)c1)Cc1cccc(F)c1Cl. The number of halogens is 3. The van der Waals surface area contributed by atoms with Crippen LogP contribution >= 0.6 is 23.2 Å². The molecule has 2 aromatic carbocycles. The van der Waals surface area contributed by atoms with E-state index in [2.05, 4.69) is 12.2 Å². The van der Waals surface area contributed by atoms with Crippen LogP contribution in [0.4, 0.5) is 4.39 Å². The number of likely N-dealkylation sites (N-methyl/N-ethyl adjacent to an activating group) is 1. The molecule has 0 heterocycles. The summed E-state index contributed by atoms with van der Waals surface area (Å²) in [6, 6.07) is 12.9. The highest BCUT2D eigenvalue weighted by Crippen LogP contribution is 2.22. The lowest BCUT2D eigenvalue weighted by atomic mass is 9.99. The first-order valence-corrected chi connectivity index (χ1v) is 7.76. The van der Waals surface area contributed by atoms with Gasteiger partial charge >= 0.3 is 0 Å². The fourth-order valence-electron chi connectivity index (χ4n) is 2.43. The second-order valence-corrected chi connectivity index (χ2v) is 5.82. The Bertz CT molecular complexity index is 601. The van der Waals surface area contributed by atoms with E-state index in [4.69, 9.17) is 23.2 Å². The van der Waals surface area contributed by atoms with Crippen LogP contribution in [0.15, 0.2) is 42.5 Å². The second kappa shape index (κ2) is 7.79. The van der Waals surface area contributed by atoms with Gasteiger partial charge in [-0.3, -0.25) is 0 Å². The molecule has 2 rings (SSSR count). The van der Waals surface area contributed by atoms with Gasteiger partial charge in [0.2, 0.25) is 0 Å². The monoisotopic (exact) mass is 325 g/mol. The number of hydrogen-bond donors (Lipinski definition) is 1.